The molecule has 0 saturated heterocycles. The van der Waals surface area contributed by atoms with Crippen molar-refractivity contribution in [1.29, 1.82) is 0 Å². The molecule has 0 saturated carbocycles. The largest absolute Gasteiger partial charge is 0.391 e. The Morgan fingerprint density at radius 1 is 1.50 bits per heavy atom. The van der Waals surface area contributed by atoms with Gasteiger partial charge in [-0.2, -0.15) is 0 Å². The fraction of sp³-hybridized carbons (Fsp3) is 0.692. The lowest BCUT2D eigenvalue weighted by Gasteiger charge is -2.21. The highest BCUT2D eigenvalue weighted by Crippen LogP contribution is 2.20. The van der Waals surface area contributed by atoms with Crippen molar-refractivity contribution in [2.45, 2.75) is 58.1 Å². The van der Waals surface area contributed by atoms with E-state index in [1.807, 2.05) is 17.7 Å². The Morgan fingerprint density at radius 3 is 2.72 bits per heavy atom. The van der Waals surface area contributed by atoms with Crippen LogP contribution < -0.4 is 5.73 Å². The lowest BCUT2D eigenvalue weighted by atomic mass is 10.0. The first-order chi connectivity index (χ1) is 8.56. The second-order valence-corrected chi connectivity index (χ2v) is 5.17. The van der Waals surface area contributed by atoms with Crippen LogP contribution in [0.1, 0.15) is 57.7 Å². The molecule has 5 heteroatoms. The summed E-state index contributed by atoms with van der Waals surface area (Å²) in [5.74, 6) is 0. The minimum Gasteiger partial charge on any atom is -0.391 e. The lowest BCUT2D eigenvalue weighted by Crippen LogP contribution is -2.20. The number of aliphatic hydroxyl groups excluding tert-OH is 1. The van der Waals surface area contributed by atoms with Gasteiger partial charge in [-0.25, -0.2) is 4.98 Å². The maximum atomic E-state index is 9.86. The van der Waals surface area contributed by atoms with Gasteiger partial charge in [-0.1, -0.05) is 44.8 Å². The zero-order valence-corrected chi connectivity index (χ0v) is 12.0. The van der Waals surface area contributed by atoms with E-state index in [1.54, 1.807) is 6.33 Å². The number of hydrogen-bond donors (Lipinski definition) is 2. The van der Waals surface area contributed by atoms with E-state index < -0.39 is 6.10 Å². The fourth-order valence-corrected chi connectivity index (χ4v) is 2.17. The molecule has 0 aliphatic rings. The van der Waals surface area contributed by atoms with Crippen molar-refractivity contribution >= 4 is 17.2 Å². The number of aliphatic hydroxyl groups is 1. The highest BCUT2D eigenvalue weighted by Gasteiger charge is 2.17. The van der Waals surface area contributed by atoms with Gasteiger partial charge in [0.05, 0.1) is 18.5 Å². The summed E-state index contributed by atoms with van der Waals surface area (Å²) in [6.45, 7) is 4.00. The van der Waals surface area contributed by atoms with Crippen molar-refractivity contribution in [1.82, 2.24) is 9.55 Å². The van der Waals surface area contributed by atoms with Crippen LogP contribution in [0.3, 0.4) is 0 Å². The summed E-state index contributed by atoms with van der Waals surface area (Å²) in [6, 6.07) is 0.0532. The van der Waals surface area contributed by atoms with Crippen LogP contribution in [0.2, 0.25) is 0 Å². The van der Waals surface area contributed by atoms with E-state index in [2.05, 4.69) is 11.9 Å². The van der Waals surface area contributed by atoms with Crippen molar-refractivity contribution in [3.63, 3.8) is 0 Å². The number of thiocarbonyl (C=S) groups is 1. The number of imidazole rings is 1. The standard InChI is InChI=1S/C13H23N3OS/c1-3-4-5-6-7-12(10(2)17)16-8-11(13(14)18)15-9-16/h8-10,12,17H,3-7H2,1-2H3,(H2,14,18). The van der Waals surface area contributed by atoms with Gasteiger partial charge in [-0.3, -0.25) is 0 Å². The molecule has 1 rings (SSSR count). The van der Waals surface area contributed by atoms with E-state index in [1.165, 1.54) is 19.3 Å². The minimum atomic E-state index is -0.403. The lowest BCUT2D eigenvalue weighted by molar-refractivity contribution is 0.122. The number of unbranched alkanes of at least 4 members (excludes halogenated alkanes) is 3. The molecule has 1 aromatic rings. The Labute approximate surface area is 114 Å². The zero-order chi connectivity index (χ0) is 13.5. The first-order valence-corrected chi connectivity index (χ1v) is 6.98. The molecule has 0 aromatic carbocycles. The highest BCUT2D eigenvalue weighted by molar-refractivity contribution is 7.80. The predicted molar refractivity (Wildman–Crippen MR) is 77.6 cm³/mol. The molecule has 1 heterocycles. The summed E-state index contributed by atoms with van der Waals surface area (Å²) in [6.07, 6.45) is 8.85. The van der Waals surface area contributed by atoms with Crippen LogP contribution >= 0.6 is 12.2 Å². The monoisotopic (exact) mass is 269 g/mol. The molecular weight excluding hydrogens is 246 g/mol. The fourth-order valence-electron chi connectivity index (χ4n) is 2.06. The smallest absolute Gasteiger partial charge is 0.124 e. The summed E-state index contributed by atoms with van der Waals surface area (Å²) in [5.41, 5.74) is 6.15. The van der Waals surface area contributed by atoms with Crippen molar-refractivity contribution in [3.05, 3.63) is 18.2 Å². The van der Waals surface area contributed by atoms with Gasteiger partial charge in [-0.15, -0.1) is 0 Å². The summed E-state index contributed by atoms with van der Waals surface area (Å²) in [5, 5.41) is 9.86. The van der Waals surface area contributed by atoms with E-state index >= 15 is 0 Å². The third-order valence-corrected chi connectivity index (χ3v) is 3.36. The summed E-state index contributed by atoms with van der Waals surface area (Å²) < 4.78 is 1.92. The number of hydrogen-bond acceptors (Lipinski definition) is 3. The summed E-state index contributed by atoms with van der Waals surface area (Å²) in [7, 11) is 0. The Bertz CT molecular complexity index is 376. The van der Waals surface area contributed by atoms with Gasteiger partial charge >= 0.3 is 0 Å². The third-order valence-electron chi connectivity index (χ3n) is 3.15. The molecule has 0 amide bonds. The van der Waals surface area contributed by atoms with Crippen molar-refractivity contribution in [2.75, 3.05) is 0 Å². The molecule has 0 aliphatic carbocycles. The van der Waals surface area contributed by atoms with Crippen LogP contribution in [-0.2, 0) is 0 Å². The average Bonchev–Trinajstić information content (AvgIpc) is 2.77. The van der Waals surface area contributed by atoms with Crippen LogP contribution in [-0.4, -0.2) is 25.8 Å². The summed E-state index contributed by atoms with van der Waals surface area (Å²) >= 11 is 4.89. The van der Waals surface area contributed by atoms with Crippen LogP contribution in [0.15, 0.2) is 12.5 Å². The van der Waals surface area contributed by atoms with Crippen LogP contribution in [0, 0.1) is 0 Å². The number of nitrogens with zero attached hydrogens (tertiary/aromatic N) is 2. The molecule has 0 spiro atoms. The number of rotatable bonds is 8. The Hall–Kier alpha value is -0.940. The first-order valence-electron chi connectivity index (χ1n) is 6.57. The van der Waals surface area contributed by atoms with Gasteiger partial charge in [0.25, 0.3) is 0 Å². The highest BCUT2D eigenvalue weighted by atomic mass is 32.1. The van der Waals surface area contributed by atoms with Gasteiger partial charge in [-0.05, 0) is 13.3 Å². The Morgan fingerprint density at radius 2 is 2.22 bits per heavy atom. The molecular formula is C13H23N3OS. The normalized spacial score (nSPS) is 14.4. The van der Waals surface area contributed by atoms with Crippen molar-refractivity contribution in [2.24, 2.45) is 5.73 Å². The SMILES string of the molecule is CCCCCCC(C(C)O)n1cnc(C(N)=S)c1. The number of aromatic nitrogens is 2. The number of nitrogens with two attached hydrogens (primary N) is 1. The van der Waals surface area contributed by atoms with E-state index in [-0.39, 0.29) is 6.04 Å². The molecule has 1 aromatic heterocycles. The van der Waals surface area contributed by atoms with Crippen LogP contribution in [0.5, 0.6) is 0 Å². The second kappa shape index (κ2) is 7.48. The quantitative estimate of drug-likeness (QED) is 0.562. The van der Waals surface area contributed by atoms with Crippen LogP contribution in [0.25, 0.3) is 0 Å². The predicted octanol–water partition coefficient (Wildman–Crippen LogP) is 2.41. The minimum absolute atomic E-state index is 0.0532. The molecule has 0 aliphatic heterocycles. The maximum absolute atomic E-state index is 9.86. The first kappa shape index (κ1) is 15.1. The molecule has 0 fully saturated rings. The molecule has 2 unspecified atom stereocenters. The second-order valence-electron chi connectivity index (χ2n) is 4.73. The van der Waals surface area contributed by atoms with E-state index in [9.17, 15) is 5.11 Å². The molecule has 2 atom stereocenters. The van der Waals surface area contributed by atoms with Gasteiger partial charge < -0.3 is 15.4 Å². The van der Waals surface area contributed by atoms with Gasteiger partial charge in [0.1, 0.15) is 10.7 Å². The van der Waals surface area contributed by atoms with Gasteiger partial charge in [0.15, 0.2) is 0 Å². The van der Waals surface area contributed by atoms with Crippen molar-refractivity contribution < 1.29 is 5.11 Å². The zero-order valence-electron chi connectivity index (χ0n) is 11.2. The van der Waals surface area contributed by atoms with Crippen molar-refractivity contribution in [3.8, 4) is 0 Å². The molecule has 3 N–H and O–H groups in total. The van der Waals surface area contributed by atoms with Crippen LogP contribution in [0.4, 0.5) is 0 Å². The average molecular weight is 269 g/mol. The molecule has 0 radical (unpaired) electrons. The molecule has 4 nitrogen and oxygen atoms in total. The Balaban J connectivity index is 2.62. The molecule has 0 bridgehead atoms. The third kappa shape index (κ3) is 4.38. The Kier molecular flexibility index (Phi) is 6.29. The van der Waals surface area contributed by atoms with Gasteiger partial charge in [0, 0.05) is 6.20 Å². The maximum Gasteiger partial charge on any atom is 0.124 e. The molecule has 102 valence electrons. The van der Waals surface area contributed by atoms with E-state index in [4.69, 9.17) is 18.0 Å². The van der Waals surface area contributed by atoms with E-state index in [0.717, 1.165) is 12.8 Å². The summed E-state index contributed by atoms with van der Waals surface area (Å²) in [4.78, 5) is 4.44. The van der Waals surface area contributed by atoms with E-state index in [0.29, 0.717) is 10.7 Å². The molecule has 18 heavy (non-hydrogen) atoms. The van der Waals surface area contributed by atoms with Gasteiger partial charge in [0.2, 0.25) is 0 Å². The topological polar surface area (TPSA) is 64.1 Å².